The van der Waals surface area contributed by atoms with Crippen LogP contribution in [0.4, 0.5) is 5.69 Å². The van der Waals surface area contributed by atoms with Crippen molar-refractivity contribution >= 4 is 34.8 Å². The number of nitrogens with zero attached hydrogens (tertiary/aromatic N) is 3. The number of rotatable bonds is 8. The Hall–Kier alpha value is -2.57. The van der Waals surface area contributed by atoms with Gasteiger partial charge in [0.05, 0.1) is 16.4 Å². The highest BCUT2D eigenvalue weighted by atomic mass is 35.5. The predicted molar refractivity (Wildman–Crippen MR) is 124 cm³/mol. The van der Waals surface area contributed by atoms with Crippen LogP contribution in [0.2, 0.25) is 10.0 Å². The first-order chi connectivity index (χ1) is 14.7. The molecule has 0 aliphatic carbocycles. The topological polar surface area (TPSA) is 69.0 Å². The van der Waals surface area contributed by atoms with E-state index < -0.39 is 0 Å². The van der Waals surface area contributed by atoms with E-state index in [1.165, 1.54) is 6.20 Å². The Morgan fingerprint density at radius 3 is 2.68 bits per heavy atom. The number of halogens is 2. The number of nitrogens with one attached hydrogen (secondary N) is 1. The Balaban J connectivity index is 1.67. The maximum absolute atomic E-state index is 12.7. The number of benzene rings is 1. The number of carbonyl (C=O) groups excluding carboxylic acids is 1. The molecule has 0 aliphatic rings. The SMILES string of the molecule is Cc1nn(CC(C)C)c(C)c1CCC(=O)Nc1ccccc1Oc1ncc(Cl)cc1Cl. The fourth-order valence-corrected chi connectivity index (χ4v) is 3.73. The van der Waals surface area contributed by atoms with Gasteiger partial charge in [0.25, 0.3) is 0 Å². The van der Waals surface area contributed by atoms with E-state index in [-0.39, 0.29) is 16.8 Å². The van der Waals surface area contributed by atoms with Crippen molar-refractivity contribution in [3.63, 3.8) is 0 Å². The molecule has 0 aliphatic heterocycles. The fourth-order valence-electron chi connectivity index (χ4n) is 3.31. The molecule has 3 aromatic rings. The van der Waals surface area contributed by atoms with Crippen LogP contribution in [0, 0.1) is 19.8 Å². The zero-order valence-corrected chi connectivity index (χ0v) is 19.6. The second-order valence-electron chi connectivity index (χ2n) is 7.81. The molecule has 0 bridgehead atoms. The number of carbonyl (C=O) groups is 1. The quantitative estimate of drug-likeness (QED) is 0.432. The Labute approximate surface area is 192 Å². The van der Waals surface area contributed by atoms with Crippen molar-refractivity contribution in [2.24, 2.45) is 5.92 Å². The minimum Gasteiger partial charge on any atom is -0.435 e. The summed E-state index contributed by atoms with van der Waals surface area (Å²) in [7, 11) is 0. The number of aryl methyl sites for hydroxylation is 1. The first-order valence-corrected chi connectivity index (χ1v) is 10.9. The molecule has 3 rings (SSSR count). The summed E-state index contributed by atoms with van der Waals surface area (Å²) < 4.78 is 7.83. The molecule has 0 fully saturated rings. The van der Waals surface area contributed by atoms with Crippen LogP contribution in [0.15, 0.2) is 36.5 Å². The van der Waals surface area contributed by atoms with E-state index in [0.29, 0.717) is 35.2 Å². The van der Waals surface area contributed by atoms with Gasteiger partial charge in [-0.15, -0.1) is 0 Å². The smallest absolute Gasteiger partial charge is 0.238 e. The summed E-state index contributed by atoms with van der Waals surface area (Å²) in [4.78, 5) is 16.8. The number of hydrogen-bond acceptors (Lipinski definition) is 4. The van der Waals surface area contributed by atoms with Crippen molar-refractivity contribution < 1.29 is 9.53 Å². The first kappa shape index (κ1) is 23.1. The lowest BCUT2D eigenvalue weighted by molar-refractivity contribution is -0.116. The maximum Gasteiger partial charge on any atom is 0.238 e. The van der Waals surface area contributed by atoms with Gasteiger partial charge in [0.2, 0.25) is 11.8 Å². The zero-order chi connectivity index (χ0) is 22.5. The van der Waals surface area contributed by atoms with Crippen molar-refractivity contribution in [2.75, 3.05) is 5.32 Å². The first-order valence-electron chi connectivity index (χ1n) is 10.1. The van der Waals surface area contributed by atoms with Gasteiger partial charge in [-0.25, -0.2) is 4.98 Å². The number of pyridine rings is 1. The lowest BCUT2D eigenvalue weighted by atomic mass is 10.1. The Morgan fingerprint density at radius 2 is 1.97 bits per heavy atom. The monoisotopic (exact) mass is 460 g/mol. The molecule has 0 radical (unpaired) electrons. The molecule has 0 saturated carbocycles. The van der Waals surface area contributed by atoms with Crippen molar-refractivity contribution in [2.45, 2.75) is 47.1 Å². The molecule has 0 saturated heterocycles. The number of para-hydroxylation sites is 2. The van der Waals surface area contributed by atoms with Crippen LogP contribution in [-0.2, 0) is 17.8 Å². The molecular weight excluding hydrogens is 435 g/mol. The molecule has 2 aromatic heterocycles. The third-order valence-electron chi connectivity index (χ3n) is 4.81. The molecular formula is C23H26Cl2N4O2. The van der Waals surface area contributed by atoms with Crippen LogP contribution in [0.25, 0.3) is 0 Å². The minimum atomic E-state index is -0.110. The number of aromatic nitrogens is 3. The molecule has 0 unspecified atom stereocenters. The van der Waals surface area contributed by atoms with Gasteiger partial charge in [0.15, 0.2) is 5.75 Å². The third-order valence-corrected chi connectivity index (χ3v) is 5.29. The van der Waals surface area contributed by atoms with Crippen LogP contribution in [0.1, 0.15) is 37.2 Å². The predicted octanol–water partition coefficient (Wildman–Crippen LogP) is 6.22. The molecule has 8 heteroatoms. The summed E-state index contributed by atoms with van der Waals surface area (Å²) in [6, 6.07) is 8.70. The van der Waals surface area contributed by atoms with Crippen molar-refractivity contribution in [1.82, 2.24) is 14.8 Å². The highest BCUT2D eigenvalue weighted by Crippen LogP contribution is 2.33. The largest absolute Gasteiger partial charge is 0.435 e. The molecule has 164 valence electrons. The van der Waals surface area contributed by atoms with Crippen molar-refractivity contribution in [3.05, 3.63) is 63.5 Å². The van der Waals surface area contributed by atoms with Crippen molar-refractivity contribution in [1.29, 1.82) is 0 Å². The van der Waals surface area contributed by atoms with Gasteiger partial charge in [-0.2, -0.15) is 5.10 Å². The third kappa shape index (κ3) is 5.99. The van der Waals surface area contributed by atoms with Gasteiger partial charge < -0.3 is 10.1 Å². The number of amides is 1. The highest BCUT2D eigenvalue weighted by Gasteiger charge is 2.15. The summed E-state index contributed by atoms with van der Waals surface area (Å²) in [5.74, 6) is 1.07. The highest BCUT2D eigenvalue weighted by molar-refractivity contribution is 6.35. The van der Waals surface area contributed by atoms with Gasteiger partial charge in [-0.3, -0.25) is 9.48 Å². The fraction of sp³-hybridized carbons (Fsp3) is 0.348. The van der Waals surface area contributed by atoms with E-state index in [1.807, 2.05) is 23.7 Å². The average molecular weight is 461 g/mol. The normalized spacial score (nSPS) is 11.1. The number of ether oxygens (including phenoxy) is 1. The number of anilines is 1. The molecule has 1 amide bonds. The van der Waals surface area contributed by atoms with Crippen LogP contribution < -0.4 is 10.1 Å². The lowest BCUT2D eigenvalue weighted by Crippen LogP contribution is -2.13. The second kappa shape index (κ2) is 10.2. The Morgan fingerprint density at radius 1 is 1.23 bits per heavy atom. The summed E-state index contributed by atoms with van der Waals surface area (Å²) in [6.45, 7) is 9.24. The average Bonchev–Trinajstić information content (AvgIpc) is 2.96. The number of hydrogen-bond donors (Lipinski definition) is 1. The summed E-state index contributed by atoms with van der Waals surface area (Å²) in [5.41, 5.74) is 3.76. The van der Waals surface area contributed by atoms with Crippen LogP contribution in [0.5, 0.6) is 11.6 Å². The van der Waals surface area contributed by atoms with E-state index in [4.69, 9.17) is 27.9 Å². The van der Waals surface area contributed by atoms with Crippen LogP contribution in [0.3, 0.4) is 0 Å². The van der Waals surface area contributed by atoms with E-state index in [0.717, 1.165) is 23.5 Å². The minimum absolute atomic E-state index is 0.110. The molecule has 0 spiro atoms. The molecule has 31 heavy (non-hydrogen) atoms. The Bertz CT molecular complexity index is 1080. The summed E-state index contributed by atoms with van der Waals surface area (Å²) in [6.07, 6.45) is 2.41. The van der Waals surface area contributed by atoms with Crippen LogP contribution >= 0.6 is 23.2 Å². The van der Waals surface area contributed by atoms with E-state index in [1.54, 1.807) is 18.2 Å². The summed E-state index contributed by atoms with van der Waals surface area (Å²) in [5, 5.41) is 8.25. The second-order valence-corrected chi connectivity index (χ2v) is 8.66. The molecule has 1 aromatic carbocycles. The van der Waals surface area contributed by atoms with E-state index in [2.05, 4.69) is 36.2 Å². The van der Waals surface area contributed by atoms with Gasteiger partial charge in [0.1, 0.15) is 5.02 Å². The molecule has 0 atom stereocenters. The van der Waals surface area contributed by atoms with Crippen molar-refractivity contribution in [3.8, 4) is 11.6 Å². The molecule has 6 nitrogen and oxygen atoms in total. The standard InChI is InChI=1S/C23H26Cl2N4O2/c1-14(2)13-29-16(4)18(15(3)28-29)9-10-22(30)27-20-7-5-6-8-21(20)31-23-19(25)11-17(24)12-26-23/h5-8,11-12,14H,9-10,13H2,1-4H3,(H,27,30). The van der Waals surface area contributed by atoms with Crippen LogP contribution in [-0.4, -0.2) is 20.7 Å². The molecule has 1 N–H and O–H groups in total. The van der Waals surface area contributed by atoms with Gasteiger partial charge in [0, 0.05) is 24.9 Å². The lowest BCUT2D eigenvalue weighted by Gasteiger charge is -2.12. The summed E-state index contributed by atoms with van der Waals surface area (Å²) >= 11 is 12.0. The maximum atomic E-state index is 12.7. The van der Waals surface area contributed by atoms with Gasteiger partial charge in [-0.05, 0) is 49.9 Å². The van der Waals surface area contributed by atoms with E-state index >= 15 is 0 Å². The van der Waals surface area contributed by atoms with E-state index in [9.17, 15) is 4.79 Å². The van der Waals surface area contributed by atoms with Gasteiger partial charge >= 0.3 is 0 Å². The zero-order valence-electron chi connectivity index (χ0n) is 18.1. The molecule has 2 heterocycles. The van der Waals surface area contributed by atoms with Gasteiger partial charge in [-0.1, -0.05) is 49.2 Å². The Kier molecular flexibility index (Phi) is 7.57.